The number of H-pyrrole nitrogens is 1. The Kier molecular flexibility index (Phi) is 4.37. The number of anilines is 2. The summed E-state index contributed by atoms with van der Waals surface area (Å²) < 4.78 is 0. The Balaban J connectivity index is 2.03. The van der Waals surface area contributed by atoms with Gasteiger partial charge in [0.05, 0.1) is 0 Å². The maximum absolute atomic E-state index is 12.0. The summed E-state index contributed by atoms with van der Waals surface area (Å²) in [5.74, 6) is -0.120. The van der Waals surface area contributed by atoms with Gasteiger partial charge in [0.1, 0.15) is 0 Å². The van der Waals surface area contributed by atoms with Gasteiger partial charge in [-0.15, -0.1) is 0 Å². The van der Waals surface area contributed by atoms with Gasteiger partial charge < -0.3 is 10.6 Å². The molecule has 1 aromatic heterocycles. The second kappa shape index (κ2) is 6.21. The quantitative estimate of drug-likeness (QED) is 0.807. The van der Waals surface area contributed by atoms with E-state index in [0.717, 1.165) is 5.69 Å². The molecule has 2 rings (SSSR count). The van der Waals surface area contributed by atoms with E-state index in [1.807, 2.05) is 13.8 Å². The number of benzene rings is 1. The smallest absolute Gasteiger partial charge is 0.276 e. The van der Waals surface area contributed by atoms with E-state index < -0.39 is 0 Å². The molecule has 2 amide bonds. The maximum Gasteiger partial charge on any atom is 0.276 e. The summed E-state index contributed by atoms with van der Waals surface area (Å²) in [5.41, 5.74) is 2.59. The molecule has 0 saturated carbocycles. The molecule has 6 nitrogen and oxygen atoms in total. The van der Waals surface area contributed by atoms with Crippen LogP contribution in [0.1, 0.15) is 42.9 Å². The summed E-state index contributed by atoms with van der Waals surface area (Å²) in [4.78, 5) is 23.0. The lowest BCUT2D eigenvalue weighted by Crippen LogP contribution is -2.12. The summed E-state index contributed by atoms with van der Waals surface area (Å²) in [7, 11) is 0. The molecule has 0 bridgehead atoms. The van der Waals surface area contributed by atoms with Gasteiger partial charge >= 0.3 is 0 Å². The van der Waals surface area contributed by atoms with Crippen LogP contribution in [0.4, 0.5) is 11.4 Å². The molecule has 0 unspecified atom stereocenters. The van der Waals surface area contributed by atoms with Crippen molar-refractivity contribution in [3.8, 4) is 0 Å². The first-order valence-corrected chi connectivity index (χ1v) is 6.70. The molecule has 21 heavy (non-hydrogen) atoms. The predicted octanol–water partition coefficient (Wildman–Crippen LogP) is 2.74. The van der Waals surface area contributed by atoms with Crippen LogP contribution in [-0.2, 0) is 4.79 Å². The zero-order valence-corrected chi connectivity index (χ0v) is 12.2. The molecule has 0 atom stereocenters. The number of aromatic nitrogens is 2. The van der Waals surface area contributed by atoms with Crippen LogP contribution in [0.5, 0.6) is 0 Å². The van der Waals surface area contributed by atoms with Crippen LogP contribution in [0.15, 0.2) is 30.3 Å². The molecular formula is C15H18N4O2. The van der Waals surface area contributed by atoms with Gasteiger partial charge in [0.15, 0.2) is 5.69 Å². The first-order valence-electron chi connectivity index (χ1n) is 6.70. The van der Waals surface area contributed by atoms with Crippen molar-refractivity contribution < 1.29 is 9.59 Å². The first kappa shape index (κ1) is 14.8. The van der Waals surface area contributed by atoms with Gasteiger partial charge in [-0.3, -0.25) is 14.7 Å². The van der Waals surface area contributed by atoms with Crippen molar-refractivity contribution in [3.63, 3.8) is 0 Å². The van der Waals surface area contributed by atoms with Crippen LogP contribution in [0, 0.1) is 0 Å². The Hall–Kier alpha value is -2.63. The number of aromatic amines is 1. The molecule has 3 N–H and O–H groups in total. The van der Waals surface area contributed by atoms with Crippen molar-refractivity contribution in [2.75, 3.05) is 10.6 Å². The molecule has 0 aliphatic heterocycles. The SMILES string of the molecule is CC(=O)Nc1ccc(NC(=O)c2cc(C(C)C)[nH]n2)cc1. The van der Waals surface area contributed by atoms with E-state index in [4.69, 9.17) is 0 Å². The molecule has 1 heterocycles. The fourth-order valence-electron chi connectivity index (χ4n) is 1.78. The summed E-state index contributed by atoms with van der Waals surface area (Å²) in [6.45, 7) is 5.49. The molecule has 6 heteroatoms. The molecule has 2 aromatic rings. The molecule has 0 fully saturated rings. The fourth-order valence-corrected chi connectivity index (χ4v) is 1.78. The predicted molar refractivity (Wildman–Crippen MR) is 81.4 cm³/mol. The molecule has 1 aromatic carbocycles. The zero-order chi connectivity index (χ0) is 15.4. The highest BCUT2D eigenvalue weighted by Gasteiger charge is 2.12. The van der Waals surface area contributed by atoms with Gasteiger partial charge in [0.25, 0.3) is 5.91 Å². The number of amides is 2. The average molecular weight is 286 g/mol. The van der Waals surface area contributed by atoms with Crippen molar-refractivity contribution in [2.24, 2.45) is 0 Å². The molecule has 0 radical (unpaired) electrons. The minimum absolute atomic E-state index is 0.135. The number of hydrogen-bond donors (Lipinski definition) is 3. The topological polar surface area (TPSA) is 86.9 Å². The summed E-state index contributed by atoms with van der Waals surface area (Å²) in [6, 6.07) is 8.63. The number of carbonyl (C=O) groups is 2. The summed E-state index contributed by atoms with van der Waals surface area (Å²) in [5, 5.41) is 12.3. The van der Waals surface area contributed by atoms with Gasteiger partial charge in [-0.1, -0.05) is 13.8 Å². The van der Waals surface area contributed by atoms with E-state index in [1.54, 1.807) is 30.3 Å². The minimum Gasteiger partial charge on any atom is -0.326 e. The lowest BCUT2D eigenvalue weighted by Gasteiger charge is -2.05. The van der Waals surface area contributed by atoms with E-state index in [2.05, 4.69) is 20.8 Å². The van der Waals surface area contributed by atoms with Crippen LogP contribution in [-0.4, -0.2) is 22.0 Å². The van der Waals surface area contributed by atoms with Crippen molar-refractivity contribution in [2.45, 2.75) is 26.7 Å². The van der Waals surface area contributed by atoms with Gasteiger partial charge in [-0.2, -0.15) is 5.10 Å². The van der Waals surface area contributed by atoms with Crippen LogP contribution >= 0.6 is 0 Å². The molecule has 0 aliphatic carbocycles. The van der Waals surface area contributed by atoms with E-state index in [-0.39, 0.29) is 17.7 Å². The highest BCUT2D eigenvalue weighted by molar-refractivity contribution is 6.03. The molecule has 0 aliphatic rings. The van der Waals surface area contributed by atoms with E-state index >= 15 is 0 Å². The number of carbonyl (C=O) groups excluding carboxylic acids is 2. The van der Waals surface area contributed by atoms with E-state index in [0.29, 0.717) is 17.1 Å². The van der Waals surface area contributed by atoms with Crippen molar-refractivity contribution >= 4 is 23.2 Å². The lowest BCUT2D eigenvalue weighted by molar-refractivity contribution is -0.114. The van der Waals surface area contributed by atoms with Gasteiger partial charge in [-0.25, -0.2) is 0 Å². The Morgan fingerprint density at radius 3 is 2.14 bits per heavy atom. The third-order valence-electron chi connectivity index (χ3n) is 2.92. The Labute approximate surface area is 122 Å². The number of nitrogens with zero attached hydrogens (tertiary/aromatic N) is 1. The summed E-state index contributed by atoms with van der Waals surface area (Å²) in [6.07, 6.45) is 0. The van der Waals surface area contributed by atoms with Gasteiger partial charge in [-0.05, 0) is 36.2 Å². The van der Waals surface area contributed by atoms with Crippen molar-refractivity contribution in [3.05, 3.63) is 41.7 Å². The van der Waals surface area contributed by atoms with E-state index in [9.17, 15) is 9.59 Å². The second-order valence-electron chi connectivity index (χ2n) is 5.08. The van der Waals surface area contributed by atoms with Crippen LogP contribution < -0.4 is 10.6 Å². The molecule has 0 saturated heterocycles. The highest BCUT2D eigenvalue weighted by Crippen LogP contribution is 2.16. The molecule has 110 valence electrons. The third-order valence-corrected chi connectivity index (χ3v) is 2.92. The van der Waals surface area contributed by atoms with Crippen molar-refractivity contribution in [1.29, 1.82) is 0 Å². The summed E-state index contributed by atoms with van der Waals surface area (Å²) >= 11 is 0. The zero-order valence-electron chi connectivity index (χ0n) is 12.2. The van der Waals surface area contributed by atoms with Gasteiger partial charge in [0.2, 0.25) is 5.91 Å². The fraction of sp³-hybridized carbons (Fsp3) is 0.267. The minimum atomic E-state index is -0.273. The Bertz CT molecular complexity index is 644. The van der Waals surface area contributed by atoms with E-state index in [1.165, 1.54) is 6.92 Å². The number of rotatable bonds is 4. The maximum atomic E-state index is 12.0. The lowest BCUT2D eigenvalue weighted by atomic mass is 10.1. The van der Waals surface area contributed by atoms with Crippen LogP contribution in [0.3, 0.4) is 0 Å². The number of nitrogens with one attached hydrogen (secondary N) is 3. The van der Waals surface area contributed by atoms with Crippen LogP contribution in [0.25, 0.3) is 0 Å². The monoisotopic (exact) mass is 286 g/mol. The second-order valence-corrected chi connectivity index (χ2v) is 5.08. The number of hydrogen-bond acceptors (Lipinski definition) is 3. The Morgan fingerprint density at radius 2 is 1.67 bits per heavy atom. The normalized spacial score (nSPS) is 10.5. The van der Waals surface area contributed by atoms with Crippen molar-refractivity contribution in [1.82, 2.24) is 10.2 Å². The first-order chi connectivity index (χ1) is 9.95. The third kappa shape index (κ3) is 3.92. The Morgan fingerprint density at radius 1 is 1.10 bits per heavy atom. The molecule has 0 spiro atoms. The standard InChI is InChI=1S/C15H18N4O2/c1-9(2)13-8-14(19-18-13)15(21)17-12-6-4-11(5-7-12)16-10(3)20/h4-9H,1-3H3,(H,16,20)(H,17,21)(H,18,19). The largest absolute Gasteiger partial charge is 0.326 e. The van der Waals surface area contributed by atoms with Gasteiger partial charge in [0, 0.05) is 24.0 Å². The highest BCUT2D eigenvalue weighted by atomic mass is 16.2. The molecular weight excluding hydrogens is 268 g/mol. The average Bonchev–Trinajstić information content (AvgIpc) is 2.90. The van der Waals surface area contributed by atoms with Crippen LogP contribution in [0.2, 0.25) is 0 Å².